The van der Waals surface area contributed by atoms with Gasteiger partial charge in [0.05, 0.1) is 15.9 Å². The number of hydrogen-bond donors (Lipinski definition) is 1. The minimum absolute atomic E-state index is 0.276. The molecule has 1 aliphatic carbocycles. The highest BCUT2D eigenvalue weighted by atomic mass is 79.9. The summed E-state index contributed by atoms with van der Waals surface area (Å²) in [6, 6.07) is 81.6. The van der Waals surface area contributed by atoms with Crippen LogP contribution in [0.25, 0.3) is 66.0 Å². The maximum atomic E-state index is 4.08. The molecule has 65 heavy (non-hydrogen) atoms. The SMILES string of the molecule is CC1(C)c2cc(N(c3ccc(-c4ccccc4)cc3)c3ccc4[nH]c(-c5cccc6ccccc56)c(Br)c4c3)ccc2-c2ccc(N(c3ccccc3)c3cccc4ccccc34)cc21. The van der Waals surface area contributed by atoms with Gasteiger partial charge in [0.2, 0.25) is 0 Å². The summed E-state index contributed by atoms with van der Waals surface area (Å²) < 4.78 is 1.06. The maximum Gasteiger partial charge on any atom is 0.0615 e. The first-order chi connectivity index (χ1) is 31.9. The summed E-state index contributed by atoms with van der Waals surface area (Å²) in [6.07, 6.45) is 0. The quantitative estimate of drug-likeness (QED) is 0.164. The molecule has 0 saturated heterocycles. The Hall–Kier alpha value is -7.66. The van der Waals surface area contributed by atoms with E-state index in [1.807, 2.05) is 0 Å². The molecule has 0 aliphatic heterocycles. The zero-order chi connectivity index (χ0) is 43.6. The Morgan fingerprint density at radius 3 is 1.60 bits per heavy atom. The number of anilines is 6. The summed E-state index contributed by atoms with van der Waals surface area (Å²) in [5.41, 5.74) is 17.4. The van der Waals surface area contributed by atoms with Gasteiger partial charge in [-0.15, -0.1) is 0 Å². The van der Waals surface area contributed by atoms with Crippen LogP contribution >= 0.6 is 15.9 Å². The van der Waals surface area contributed by atoms with Crippen LogP contribution in [0.3, 0.4) is 0 Å². The molecule has 4 heteroatoms. The molecule has 1 aromatic heterocycles. The van der Waals surface area contributed by atoms with Crippen molar-refractivity contribution >= 4 is 82.5 Å². The van der Waals surface area contributed by atoms with Crippen molar-refractivity contribution in [3.8, 4) is 33.5 Å². The van der Waals surface area contributed by atoms with Crippen LogP contribution in [-0.2, 0) is 5.41 Å². The van der Waals surface area contributed by atoms with E-state index < -0.39 is 0 Å². The highest BCUT2D eigenvalue weighted by Gasteiger charge is 2.37. The Labute approximate surface area is 388 Å². The van der Waals surface area contributed by atoms with Gasteiger partial charge >= 0.3 is 0 Å². The average molecular weight is 899 g/mol. The lowest BCUT2D eigenvalue weighted by atomic mass is 9.82. The molecule has 1 N–H and O–H groups in total. The zero-order valence-electron chi connectivity index (χ0n) is 36.1. The van der Waals surface area contributed by atoms with Crippen LogP contribution in [0.2, 0.25) is 0 Å². The second-order valence-corrected chi connectivity index (χ2v) is 18.4. The van der Waals surface area contributed by atoms with Gasteiger partial charge in [-0.2, -0.15) is 0 Å². The van der Waals surface area contributed by atoms with Gasteiger partial charge in [-0.05, 0) is 138 Å². The second kappa shape index (κ2) is 15.5. The van der Waals surface area contributed by atoms with Gasteiger partial charge in [-0.3, -0.25) is 0 Å². The van der Waals surface area contributed by atoms with E-state index in [1.54, 1.807) is 0 Å². The lowest BCUT2D eigenvalue weighted by molar-refractivity contribution is 0.660. The standard InChI is InChI=1S/C61H44BrN3/c1-61(2)55-38-47(31-34-51(55)52-35-32-48(39-56(52)61)65(44-21-7-4-8-22-44)58-26-14-20-43-18-10-12-24-50(43)58)64(45-29-27-41(28-30-45)40-15-5-3-6-16-40)46-33-36-57-54(37-46)59(62)60(63-57)53-25-13-19-42-17-9-11-23-49(42)53/h3-39,63H,1-2H3. The first-order valence-electron chi connectivity index (χ1n) is 22.3. The number of nitrogens with one attached hydrogen (secondary N) is 1. The first kappa shape index (κ1) is 39.0. The predicted octanol–water partition coefficient (Wildman–Crippen LogP) is 17.8. The van der Waals surface area contributed by atoms with Crippen molar-refractivity contribution in [1.29, 1.82) is 0 Å². The lowest BCUT2D eigenvalue weighted by Gasteiger charge is -2.29. The molecular weight excluding hydrogens is 855 g/mol. The summed E-state index contributed by atoms with van der Waals surface area (Å²) in [5, 5.41) is 6.01. The van der Waals surface area contributed by atoms with E-state index in [1.165, 1.54) is 60.5 Å². The predicted molar refractivity (Wildman–Crippen MR) is 279 cm³/mol. The van der Waals surface area contributed by atoms with Crippen molar-refractivity contribution in [2.45, 2.75) is 19.3 Å². The van der Waals surface area contributed by atoms with E-state index in [0.717, 1.165) is 55.2 Å². The van der Waals surface area contributed by atoms with Gasteiger partial charge in [0.25, 0.3) is 0 Å². The van der Waals surface area contributed by atoms with Gasteiger partial charge < -0.3 is 14.8 Å². The van der Waals surface area contributed by atoms with Crippen LogP contribution in [0.5, 0.6) is 0 Å². The second-order valence-electron chi connectivity index (χ2n) is 17.6. The monoisotopic (exact) mass is 897 g/mol. The molecular formula is C61H44BrN3. The fourth-order valence-electron chi connectivity index (χ4n) is 10.2. The Morgan fingerprint density at radius 2 is 0.892 bits per heavy atom. The van der Waals surface area contributed by atoms with E-state index in [4.69, 9.17) is 0 Å². The van der Waals surface area contributed by atoms with Crippen LogP contribution in [0.4, 0.5) is 34.1 Å². The summed E-state index contributed by atoms with van der Waals surface area (Å²) >= 11 is 4.08. The largest absolute Gasteiger partial charge is 0.354 e. The molecule has 0 unspecified atom stereocenters. The van der Waals surface area contributed by atoms with Gasteiger partial charge in [0.1, 0.15) is 0 Å². The molecule has 0 fully saturated rings. The molecule has 10 aromatic carbocycles. The highest BCUT2D eigenvalue weighted by molar-refractivity contribution is 9.10. The molecule has 0 amide bonds. The average Bonchev–Trinajstić information content (AvgIpc) is 3.80. The van der Waals surface area contributed by atoms with E-state index in [9.17, 15) is 0 Å². The van der Waals surface area contributed by atoms with Crippen LogP contribution < -0.4 is 9.80 Å². The van der Waals surface area contributed by atoms with Gasteiger partial charge in [-0.1, -0.05) is 166 Å². The number of fused-ring (bicyclic) bond motifs is 6. The van der Waals surface area contributed by atoms with E-state index in [0.29, 0.717) is 0 Å². The number of halogens is 1. The van der Waals surface area contributed by atoms with Crippen LogP contribution in [0.1, 0.15) is 25.0 Å². The van der Waals surface area contributed by atoms with Crippen molar-refractivity contribution in [2.24, 2.45) is 0 Å². The number of rotatable bonds is 8. The number of aromatic nitrogens is 1. The number of H-pyrrole nitrogens is 1. The third-order valence-electron chi connectivity index (χ3n) is 13.5. The maximum absolute atomic E-state index is 4.08. The van der Waals surface area contributed by atoms with Gasteiger partial charge in [0.15, 0.2) is 0 Å². The molecule has 1 heterocycles. The number of para-hydroxylation sites is 1. The topological polar surface area (TPSA) is 22.3 Å². The Kier molecular flexibility index (Phi) is 9.32. The van der Waals surface area contributed by atoms with Crippen molar-refractivity contribution < 1.29 is 0 Å². The number of aromatic amines is 1. The van der Waals surface area contributed by atoms with Crippen LogP contribution in [0.15, 0.2) is 229 Å². The number of benzene rings is 10. The van der Waals surface area contributed by atoms with Crippen molar-refractivity contribution in [3.05, 3.63) is 240 Å². The molecule has 11 aromatic rings. The van der Waals surface area contributed by atoms with Crippen LogP contribution in [0, 0.1) is 0 Å². The normalized spacial score (nSPS) is 12.7. The Balaban J connectivity index is 0.980. The third-order valence-corrected chi connectivity index (χ3v) is 14.3. The summed E-state index contributed by atoms with van der Waals surface area (Å²) in [4.78, 5) is 8.59. The van der Waals surface area contributed by atoms with Crippen LogP contribution in [-0.4, -0.2) is 4.98 Å². The van der Waals surface area contributed by atoms with E-state index >= 15 is 0 Å². The van der Waals surface area contributed by atoms with E-state index in [-0.39, 0.29) is 5.41 Å². The fraction of sp³-hybridized carbons (Fsp3) is 0.0492. The summed E-state index contributed by atoms with van der Waals surface area (Å²) in [7, 11) is 0. The molecule has 0 saturated carbocycles. The molecule has 0 atom stereocenters. The Bertz CT molecular complexity index is 3580. The molecule has 310 valence electrons. The summed E-state index contributed by atoms with van der Waals surface area (Å²) in [5.74, 6) is 0. The molecule has 0 bridgehead atoms. The third kappa shape index (κ3) is 6.55. The Morgan fingerprint density at radius 1 is 0.385 bits per heavy atom. The van der Waals surface area contributed by atoms with Crippen molar-refractivity contribution in [2.75, 3.05) is 9.80 Å². The minimum atomic E-state index is -0.276. The first-order valence-corrected chi connectivity index (χ1v) is 23.1. The fourth-order valence-corrected chi connectivity index (χ4v) is 10.8. The zero-order valence-corrected chi connectivity index (χ0v) is 37.7. The van der Waals surface area contributed by atoms with E-state index in [2.05, 4.69) is 269 Å². The molecule has 0 spiro atoms. The van der Waals surface area contributed by atoms with Crippen molar-refractivity contribution in [3.63, 3.8) is 0 Å². The molecule has 12 rings (SSSR count). The minimum Gasteiger partial charge on any atom is -0.354 e. The van der Waals surface area contributed by atoms with Gasteiger partial charge in [0, 0.05) is 55.7 Å². The lowest BCUT2D eigenvalue weighted by Crippen LogP contribution is -2.17. The number of nitrogens with zero attached hydrogens (tertiary/aromatic N) is 2. The summed E-state index contributed by atoms with van der Waals surface area (Å²) in [6.45, 7) is 4.76. The van der Waals surface area contributed by atoms with Gasteiger partial charge in [-0.25, -0.2) is 0 Å². The van der Waals surface area contributed by atoms with Crippen molar-refractivity contribution in [1.82, 2.24) is 4.98 Å². The molecule has 3 nitrogen and oxygen atoms in total. The highest BCUT2D eigenvalue weighted by Crippen LogP contribution is 2.53. The number of hydrogen-bond acceptors (Lipinski definition) is 2. The molecule has 1 aliphatic rings. The smallest absolute Gasteiger partial charge is 0.0615 e. The molecule has 0 radical (unpaired) electrons.